The van der Waals surface area contributed by atoms with Gasteiger partial charge in [-0.1, -0.05) is 22.9 Å². The lowest BCUT2D eigenvalue weighted by Gasteiger charge is -2.13. The van der Waals surface area contributed by atoms with Crippen molar-refractivity contribution in [3.05, 3.63) is 41.2 Å². The Labute approximate surface area is 141 Å². The summed E-state index contributed by atoms with van der Waals surface area (Å²) in [6.45, 7) is 5.73. The number of hydrogen-bond acceptors (Lipinski definition) is 5. The Morgan fingerprint density at radius 1 is 1.33 bits per heavy atom. The molecule has 2 unspecified atom stereocenters. The monoisotopic (exact) mass is 329 g/mol. The van der Waals surface area contributed by atoms with Crippen LogP contribution in [0.1, 0.15) is 17.0 Å². The van der Waals surface area contributed by atoms with E-state index >= 15 is 0 Å². The molecular weight excluding hydrogens is 306 g/mol. The Kier molecular flexibility index (Phi) is 4.92. The molecule has 2 heterocycles. The number of aliphatic hydroxyl groups is 1. The summed E-state index contributed by atoms with van der Waals surface area (Å²) in [5, 5.41) is 24.0. The second kappa shape index (κ2) is 7.11. The van der Waals surface area contributed by atoms with Gasteiger partial charge in [-0.25, -0.2) is 4.68 Å². The van der Waals surface area contributed by atoms with Gasteiger partial charge in [0.2, 0.25) is 5.91 Å². The minimum Gasteiger partial charge on any atom is -0.391 e. The van der Waals surface area contributed by atoms with Crippen LogP contribution in [0.3, 0.4) is 0 Å². The number of nitrogens with zero attached hydrogens (tertiary/aromatic N) is 3. The summed E-state index contributed by atoms with van der Waals surface area (Å²) in [5.74, 6) is -0.0357. The van der Waals surface area contributed by atoms with Crippen molar-refractivity contribution in [3.8, 4) is 5.69 Å². The van der Waals surface area contributed by atoms with Gasteiger partial charge in [0.1, 0.15) is 0 Å². The second-order valence-corrected chi connectivity index (χ2v) is 6.34. The normalized spacial score (nSPS) is 20.3. The molecule has 3 rings (SSSR count). The van der Waals surface area contributed by atoms with Crippen molar-refractivity contribution >= 4 is 5.91 Å². The standard InChI is InChI=1S/C17H23N5O2/c1-11-3-5-14(6-4-11)22-12(2)15(20-21-22)7-17(24)19-9-13-8-18-10-16(13)23/h3-6,13,16,18,23H,7-10H2,1-2H3,(H,19,24). The molecular formula is C17H23N5O2. The van der Waals surface area contributed by atoms with Crippen LogP contribution in [0.5, 0.6) is 0 Å². The Morgan fingerprint density at radius 2 is 2.08 bits per heavy atom. The van der Waals surface area contributed by atoms with Gasteiger partial charge in [0, 0.05) is 25.6 Å². The van der Waals surface area contributed by atoms with Crippen molar-refractivity contribution in [1.29, 1.82) is 0 Å². The Morgan fingerprint density at radius 3 is 2.75 bits per heavy atom. The molecule has 1 aromatic carbocycles. The smallest absolute Gasteiger partial charge is 0.226 e. The SMILES string of the molecule is Cc1ccc(-n2nnc(CC(=O)NCC3CNCC3O)c2C)cc1. The number of amides is 1. The molecule has 1 amide bonds. The maximum Gasteiger partial charge on any atom is 0.226 e. The number of rotatable bonds is 5. The fourth-order valence-electron chi connectivity index (χ4n) is 2.84. The predicted octanol–water partition coefficient (Wildman–Crippen LogP) is 0.123. The van der Waals surface area contributed by atoms with Crippen molar-refractivity contribution in [1.82, 2.24) is 25.6 Å². The van der Waals surface area contributed by atoms with Crippen LogP contribution in [0.15, 0.2) is 24.3 Å². The molecule has 0 saturated carbocycles. The third kappa shape index (κ3) is 3.63. The number of β-amino-alcohol motifs (C(OH)–C–C–N with tert-alkyl or cyclic N) is 1. The summed E-state index contributed by atoms with van der Waals surface area (Å²) in [6.07, 6.45) is -0.206. The van der Waals surface area contributed by atoms with E-state index in [1.54, 1.807) is 4.68 Å². The number of aliphatic hydroxyl groups excluding tert-OH is 1. The van der Waals surface area contributed by atoms with Gasteiger partial charge < -0.3 is 15.7 Å². The number of hydrogen-bond donors (Lipinski definition) is 3. The van der Waals surface area contributed by atoms with Crippen LogP contribution in [-0.4, -0.2) is 51.7 Å². The minimum atomic E-state index is -0.394. The lowest BCUT2D eigenvalue weighted by Crippen LogP contribution is -2.35. The lowest BCUT2D eigenvalue weighted by molar-refractivity contribution is -0.120. The summed E-state index contributed by atoms with van der Waals surface area (Å²) in [7, 11) is 0. The van der Waals surface area contributed by atoms with Gasteiger partial charge in [0.25, 0.3) is 0 Å². The number of aromatic nitrogens is 3. The van der Waals surface area contributed by atoms with Crippen molar-refractivity contribution in [2.75, 3.05) is 19.6 Å². The summed E-state index contributed by atoms with van der Waals surface area (Å²) in [4.78, 5) is 12.1. The Balaban J connectivity index is 1.61. The fraction of sp³-hybridized carbons (Fsp3) is 0.471. The summed E-state index contributed by atoms with van der Waals surface area (Å²) in [6, 6.07) is 8.00. The number of carbonyl (C=O) groups excluding carboxylic acids is 1. The van der Waals surface area contributed by atoms with E-state index in [1.807, 2.05) is 38.1 Å². The zero-order chi connectivity index (χ0) is 17.1. The van der Waals surface area contributed by atoms with Crippen LogP contribution < -0.4 is 10.6 Å². The van der Waals surface area contributed by atoms with Gasteiger partial charge in [-0.15, -0.1) is 5.10 Å². The summed E-state index contributed by atoms with van der Waals surface area (Å²) < 4.78 is 1.74. The molecule has 1 aliphatic rings. The average molecular weight is 329 g/mol. The quantitative estimate of drug-likeness (QED) is 0.725. The number of nitrogens with one attached hydrogen (secondary N) is 2. The second-order valence-electron chi connectivity index (χ2n) is 6.34. The van der Waals surface area contributed by atoms with Crippen molar-refractivity contribution in [2.24, 2.45) is 5.92 Å². The molecule has 24 heavy (non-hydrogen) atoms. The zero-order valence-electron chi connectivity index (χ0n) is 14.0. The third-order valence-electron chi connectivity index (χ3n) is 4.46. The molecule has 1 fully saturated rings. The van der Waals surface area contributed by atoms with Gasteiger partial charge in [0.05, 0.1) is 29.6 Å². The third-order valence-corrected chi connectivity index (χ3v) is 4.46. The fourth-order valence-corrected chi connectivity index (χ4v) is 2.84. The highest BCUT2D eigenvalue weighted by molar-refractivity contribution is 5.78. The molecule has 0 aliphatic carbocycles. The maximum atomic E-state index is 12.1. The van der Waals surface area contributed by atoms with Crippen molar-refractivity contribution in [2.45, 2.75) is 26.4 Å². The van der Waals surface area contributed by atoms with Crippen molar-refractivity contribution < 1.29 is 9.90 Å². The van der Waals surface area contributed by atoms with E-state index in [1.165, 1.54) is 5.56 Å². The molecule has 1 aliphatic heterocycles. The van der Waals surface area contributed by atoms with E-state index in [9.17, 15) is 9.90 Å². The number of aryl methyl sites for hydroxylation is 1. The number of benzene rings is 1. The van der Waals surface area contributed by atoms with E-state index in [4.69, 9.17) is 0 Å². The maximum absolute atomic E-state index is 12.1. The highest BCUT2D eigenvalue weighted by atomic mass is 16.3. The molecule has 2 aromatic rings. The highest BCUT2D eigenvalue weighted by Gasteiger charge is 2.25. The number of carbonyl (C=O) groups is 1. The lowest BCUT2D eigenvalue weighted by atomic mass is 10.1. The molecule has 1 aromatic heterocycles. The summed E-state index contributed by atoms with van der Waals surface area (Å²) in [5.41, 5.74) is 3.63. The van der Waals surface area contributed by atoms with E-state index in [0.29, 0.717) is 18.8 Å². The molecule has 128 valence electrons. The first kappa shape index (κ1) is 16.6. The van der Waals surface area contributed by atoms with Gasteiger partial charge in [-0.05, 0) is 26.0 Å². The molecule has 0 radical (unpaired) electrons. The molecule has 7 nitrogen and oxygen atoms in total. The van der Waals surface area contributed by atoms with Gasteiger partial charge in [-0.2, -0.15) is 0 Å². The van der Waals surface area contributed by atoms with Crippen LogP contribution in [0, 0.1) is 19.8 Å². The largest absolute Gasteiger partial charge is 0.391 e. The minimum absolute atomic E-state index is 0.0679. The highest BCUT2D eigenvalue weighted by Crippen LogP contribution is 2.13. The van der Waals surface area contributed by atoms with Gasteiger partial charge in [-0.3, -0.25) is 4.79 Å². The van der Waals surface area contributed by atoms with Gasteiger partial charge in [0.15, 0.2) is 0 Å². The van der Waals surface area contributed by atoms with Crippen LogP contribution in [0.4, 0.5) is 0 Å². The molecule has 0 spiro atoms. The Hall–Kier alpha value is -2.25. The zero-order valence-corrected chi connectivity index (χ0v) is 14.0. The van der Waals surface area contributed by atoms with Crippen LogP contribution >= 0.6 is 0 Å². The van der Waals surface area contributed by atoms with Crippen LogP contribution in [-0.2, 0) is 11.2 Å². The molecule has 3 N–H and O–H groups in total. The van der Waals surface area contributed by atoms with E-state index in [-0.39, 0.29) is 18.2 Å². The molecule has 7 heteroatoms. The van der Waals surface area contributed by atoms with E-state index in [0.717, 1.165) is 17.9 Å². The van der Waals surface area contributed by atoms with E-state index < -0.39 is 6.10 Å². The van der Waals surface area contributed by atoms with Crippen molar-refractivity contribution in [3.63, 3.8) is 0 Å². The van der Waals surface area contributed by atoms with Gasteiger partial charge >= 0.3 is 0 Å². The first-order valence-electron chi connectivity index (χ1n) is 8.18. The van der Waals surface area contributed by atoms with Crippen LogP contribution in [0.25, 0.3) is 5.69 Å². The Bertz CT molecular complexity index is 710. The molecule has 0 bridgehead atoms. The first-order chi connectivity index (χ1) is 11.5. The molecule has 1 saturated heterocycles. The predicted molar refractivity (Wildman–Crippen MR) is 89.9 cm³/mol. The molecule has 2 atom stereocenters. The topological polar surface area (TPSA) is 92.1 Å². The van der Waals surface area contributed by atoms with Crippen LogP contribution in [0.2, 0.25) is 0 Å². The van der Waals surface area contributed by atoms with E-state index in [2.05, 4.69) is 20.9 Å². The first-order valence-corrected chi connectivity index (χ1v) is 8.18. The summed E-state index contributed by atoms with van der Waals surface area (Å²) >= 11 is 0. The average Bonchev–Trinajstić information content (AvgIpc) is 3.13.